The highest BCUT2D eigenvalue weighted by Crippen LogP contribution is 2.23. The molecule has 0 saturated carbocycles. The molecular formula is C15H17N5. The number of aryl methyl sites for hydroxylation is 1. The van der Waals surface area contributed by atoms with E-state index in [0.29, 0.717) is 11.4 Å². The van der Waals surface area contributed by atoms with Crippen molar-refractivity contribution in [3.05, 3.63) is 41.2 Å². The van der Waals surface area contributed by atoms with Crippen LogP contribution in [0.4, 0.5) is 17.3 Å². The number of nitrogens with zero attached hydrogens (tertiary/aromatic N) is 3. The van der Waals surface area contributed by atoms with Crippen LogP contribution in [0.1, 0.15) is 23.9 Å². The summed E-state index contributed by atoms with van der Waals surface area (Å²) < 4.78 is 0. The van der Waals surface area contributed by atoms with Crippen LogP contribution in [0.25, 0.3) is 0 Å². The Hall–Kier alpha value is -2.61. The first-order valence-corrected chi connectivity index (χ1v) is 6.50. The Kier molecular flexibility index (Phi) is 4.16. The zero-order chi connectivity index (χ0) is 14.5. The zero-order valence-corrected chi connectivity index (χ0v) is 11.9. The number of aromatic nitrogens is 2. The molecule has 0 aliphatic heterocycles. The summed E-state index contributed by atoms with van der Waals surface area (Å²) >= 11 is 0. The molecule has 5 nitrogen and oxygen atoms in total. The zero-order valence-electron chi connectivity index (χ0n) is 11.9. The van der Waals surface area contributed by atoms with E-state index in [1.165, 1.54) is 0 Å². The van der Waals surface area contributed by atoms with E-state index < -0.39 is 0 Å². The van der Waals surface area contributed by atoms with Crippen molar-refractivity contribution in [3.63, 3.8) is 0 Å². The normalized spacial score (nSPS) is 9.90. The lowest BCUT2D eigenvalue weighted by Gasteiger charge is -2.13. The van der Waals surface area contributed by atoms with Crippen LogP contribution >= 0.6 is 0 Å². The Morgan fingerprint density at radius 3 is 2.35 bits per heavy atom. The molecule has 0 atom stereocenters. The molecule has 2 aromatic rings. The number of benzene rings is 1. The van der Waals surface area contributed by atoms with Gasteiger partial charge in [0.15, 0.2) is 0 Å². The van der Waals surface area contributed by atoms with Crippen molar-refractivity contribution in [2.45, 2.75) is 20.8 Å². The van der Waals surface area contributed by atoms with Crippen LogP contribution in [0.5, 0.6) is 0 Å². The first-order valence-electron chi connectivity index (χ1n) is 6.50. The fraction of sp³-hybridized carbons (Fsp3) is 0.267. The number of nitrogens with one attached hydrogen (secondary N) is 2. The summed E-state index contributed by atoms with van der Waals surface area (Å²) in [7, 11) is 0. The molecule has 0 saturated heterocycles. The fourth-order valence-electron chi connectivity index (χ4n) is 1.85. The van der Waals surface area contributed by atoms with Gasteiger partial charge in [-0.25, -0.2) is 9.97 Å². The van der Waals surface area contributed by atoms with Gasteiger partial charge in [0.25, 0.3) is 0 Å². The van der Waals surface area contributed by atoms with Gasteiger partial charge in [-0.15, -0.1) is 0 Å². The van der Waals surface area contributed by atoms with Gasteiger partial charge in [-0.3, -0.25) is 0 Å². The summed E-state index contributed by atoms with van der Waals surface area (Å²) in [5.41, 5.74) is 2.51. The molecule has 0 unspecified atom stereocenters. The van der Waals surface area contributed by atoms with Crippen LogP contribution < -0.4 is 10.6 Å². The molecule has 0 fully saturated rings. The topological polar surface area (TPSA) is 73.6 Å². The Balaban J connectivity index is 2.30. The minimum atomic E-state index is 0.638. The third-order valence-electron chi connectivity index (χ3n) is 2.88. The molecule has 102 valence electrons. The highest BCUT2D eigenvalue weighted by molar-refractivity contribution is 5.65. The van der Waals surface area contributed by atoms with E-state index in [4.69, 9.17) is 5.26 Å². The molecule has 20 heavy (non-hydrogen) atoms. The van der Waals surface area contributed by atoms with Gasteiger partial charge in [-0.2, -0.15) is 5.26 Å². The average Bonchev–Trinajstić information content (AvgIpc) is 2.45. The Labute approximate surface area is 118 Å². The second-order valence-corrected chi connectivity index (χ2v) is 4.44. The quantitative estimate of drug-likeness (QED) is 0.890. The molecule has 5 heteroatoms. The standard InChI is InChI=1S/C15H17N5/c1-4-17-14-10(2)15(19-11(3)18-14)20-13-7-5-12(9-16)6-8-13/h5-8H,4H2,1-3H3,(H2,17,18,19,20). The number of rotatable bonds is 4. The summed E-state index contributed by atoms with van der Waals surface area (Å²) in [6.07, 6.45) is 0. The maximum absolute atomic E-state index is 8.79. The van der Waals surface area contributed by atoms with Gasteiger partial charge < -0.3 is 10.6 Å². The van der Waals surface area contributed by atoms with E-state index in [1.807, 2.05) is 32.9 Å². The number of anilines is 3. The first-order chi connectivity index (χ1) is 9.63. The molecule has 1 heterocycles. The van der Waals surface area contributed by atoms with Crippen molar-refractivity contribution >= 4 is 17.3 Å². The Morgan fingerprint density at radius 2 is 1.75 bits per heavy atom. The number of hydrogen-bond acceptors (Lipinski definition) is 5. The lowest BCUT2D eigenvalue weighted by molar-refractivity contribution is 1.02. The lowest BCUT2D eigenvalue weighted by atomic mass is 10.2. The minimum Gasteiger partial charge on any atom is -0.370 e. The summed E-state index contributed by atoms with van der Waals surface area (Å²) in [6, 6.07) is 9.38. The van der Waals surface area contributed by atoms with Gasteiger partial charge in [0.05, 0.1) is 11.6 Å². The van der Waals surface area contributed by atoms with Gasteiger partial charge in [-0.05, 0) is 45.0 Å². The van der Waals surface area contributed by atoms with Crippen molar-refractivity contribution < 1.29 is 0 Å². The van der Waals surface area contributed by atoms with Gasteiger partial charge in [0.2, 0.25) is 0 Å². The fourth-order valence-corrected chi connectivity index (χ4v) is 1.85. The van der Waals surface area contributed by atoms with Crippen LogP contribution in [0.2, 0.25) is 0 Å². The van der Waals surface area contributed by atoms with E-state index in [-0.39, 0.29) is 0 Å². The average molecular weight is 267 g/mol. The monoisotopic (exact) mass is 267 g/mol. The number of hydrogen-bond donors (Lipinski definition) is 2. The maximum atomic E-state index is 8.79. The van der Waals surface area contributed by atoms with Gasteiger partial charge in [0, 0.05) is 17.8 Å². The highest BCUT2D eigenvalue weighted by Gasteiger charge is 2.08. The van der Waals surface area contributed by atoms with Crippen molar-refractivity contribution in [1.82, 2.24) is 9.97 Å². The second kappa shape index (κ2) is 6.02. The van der Waals surface area contributed by atoms with E-state index in [9.17, 15) is 0 Å². The summed E-state index contributed by atoms with van der Waals surface area (Å²) in [6.45, 7) is 6.69. The van der Waals surface area contributed by atoms with Crippen molar-refractivity contribution in [2.24, 2.45) is 0 Å². The molecule has 0 spiro atoms. The molecule has 1 aromatic carbocycles. The van der Waals surface area contributed by atoms with E-state index >= 15 is 0 Å². The lowest BCUT2D eigenvalue weighted by Crippen LogP contribution is -2.07. The van der Waals surface area contributed by atoms with Gasteiger partial charge in [-0.1, -0.05) is 0 Å². The van der Waals surface area contributed by atoms with Crippen LogP contribution in [-0.2, 0) is 0 Å². The van der Waals surface area contributed by atoms with E-state index in [1.54, 1.807) is 12.1 Å². The molecule has 0 aliphatic carbocycles. The minimum absolute atomic E-state index is 0.638. The second-order valence-electron chi connectivity index (χ2n) is 4.44. The summed E-state index contributed by atoms with van der Waals surface area (Å²) in [4.78, 5) is 8.81. The molecule has 0 amide bonds. The molecule has 1 aromatic heterocycles. The Morgan fingerprint density at radius 1 is 1.10 bits per heavy atom. The highest BCUT2D eigenvalue weighted by atomic mass is 15.1. The van der Waals surface area contributed by atoms with E-state index in [0.717, 1.165) is 29.4 Å². The third kappa shape index (κ3) is 3.04. The predicted molar refractivity (Wildman–Crippen MR) is 80.1 cm³/mol. The molecule has 2 N–H and O–H groups in total. The van der Waals surface area contributed by atoms with Crippen LogP contribution in [0.3, 0.4) is 0 Å². The van der Waals surface area contributed by atoms with Crippen molar-refractivity contribution in [2.75, 3.05) is 17.2 Å². The molecule has 0 bridgehead atoms. The smallest absolute Gasteiger partial charge is 0.139 e. The molecule has 2 rings (SSSR count). The van der Waals surface area contributed by atoms with Gasteiger partial charge in [0.1, 0.15) is 17.5 Å². The van der Waals surface area contributed by atoms with E-state index in [2.05, 4.69) is 26.7 Å². The van der Waals surface area contributed by atoms with Crippen LogP contribution in [0.15, 0.2) is 24.3 Å². The SMILES string of the molecule is CCNc1nc(C)nc(Nc2ccc(C#N)cc2)c1C. The Bertz CT molecular complexity index is 641. The van der Waals surface area contributed by atoms with Crippen LogP contribution in [0, 0.1) is 25.2 Å². The molecular weight excluding hydrogens is 250 g/mol. The summed E-state index contributed by atoms with van der Waals surface area (Å²) in [5, 5.41) is 15.3. The number of nitriles is 1. The largest absolute Gasteiger partial charge is 0.370 e. The predicted octanol–water partition coefficient (Wildman–Crippen LogP) is 3.14. The summed E-state index contributed by atoms with van der Waals surface area (Å²) in [5.74, 6) is 2.33. The van der Waals surface area contributed by atoms with Crippen molar-refractivity contribution in [1.29, 1.82) is 5.26 Å². The first kappa shape index (κ1) is 13.8. The molecule has 0 radical (unpaired) electrons. The van der Waals surface area contributed by atoms with Gasteiger partial charge >= 0.3 is 0 Å². The van der Waals surface area contributed by atoms with Crippen LogP contribution in [-0.4, -0.2) is 16.5 Å². The maximum Gasteiger partial charge on any atom is 0.139 e. The third-order valence-corrected chi connectivity index (χ3v) is 2.88. The molecule has 0 aliphatic rings. The van der Waals surface area contributed by atoms with Crippen molar-refractivity contribution in [3.8, 4) is 6.07 Å².